The molecule has 1 spiro atoms. The summed E-state index contributed by atoms with van der Waals surface area (Å²) in [6, 6.07) is 11.3. The van der Waals surface area contributed by atoms with E-state index in [-0.39, 0.29) is 0 Å². The molecule has 0 saturated heterocycles. The van der Waals surface area contributed by atoms with Gasteiger partial charge in [-0.25, -0.2) is 0 Å². The molecule has 5 rings (SSSR count). The van der Waals surface area contributed by atoms with E-state index in [9.17, 15) is 0 Å². The Hall–Kier alpha value is -1.30. The van der Waals surface area contributed by atoms with Crippen LogP contribution < -0.4 is 0 Å². The van der Waals surface area contributed by atoms with E-state index in [0.29, 0.717) is 16.2 Å². The highest BCUT2D eigenvalue weighted by Crippen LogP contribution is 2.85. The van der Waals surface area contributed by atoms with E-state index in [1.807, 2.05) is 0 Å². The summed E-state index contributed by atoms with van der Waals surface area (Å²) in [7, 11) is 0. The van der Waals surface area contributed by atoms with Crippen molar-refractivity contribution in [3.05, 3.63) is 60.7 Å². The van der Waals surface area contributed by atoms with E-state index in [0.717, 1.165) is 11.8 Å². The van der Waals surface area contributed by atoms with Gasteiger partial charge in [-0.1, -0.05) is 48.6 Å². The van der Waals surface area contributed by atoms with Gasteiger partial charge < -0.3 is 0 Å². The predicted molar refractivity (Wildman–Crippen MR) is 82.4 cm³/mol. The monoisotopic (exact) mass is 262 g/mol. The first-order chi connectivity index (χ1) is 9.65. The quantitative estimate of drug-likeness (QED) is 0.667. The van der Waals surface area contributed by atoms with Gasteiger partial charge in [-0.05, 0) is 60.3 Å². The topological polar surface area (TPSA) is 0 Å². The van der Waals surface area contributed by atoms with Crippen LogP contribution in [-0.4, -0.2) is 0 Å². The molecule has 4 fully saturated rings. The van der Waals surface area contributed by atoms with Crippen LogP contribution in [0.15, 0.2) is 55.1 Å². The van der Waals surface area contributed by atoms with Crippen LogP contribution in [0.4, 0.5) is 0 Å². The Kier molecular flexibility index (Phi) is 1.78. The SMILES string of the molecule is C=CC12CC3CC4(C1)C(CC4(c1ccccc1)C2)C3=C. The molecule has 0 amide bonds. The maximum atomic E-state index is 4.49. The van der Waals surface area contributed by atoms with Gasteiger partial charge in [-0.3, -0.25) is 0 Å². The number of fused-ring (bicyclic) bond motifs is 2. The number of benzene rings is 1. The summed E-state index contributed by atoms with van der Waals surface area (Å²) in [5.74, 6) is 1.58. The molecule has 4 saturated carbocycles. The number of allylic oxidation sites excluding steroid dienone is 2. The molecule has 4 aliphatic carbocycles. The largest absolute Gasteiger partial charge is 0.103 e. The molecule has 1 aromatic carbocycles. The summed E-state index contributed by atoms with van der Waals surface area (Å²) in [5, 5.41) is 0. The first-order valence-electron chi connectivity index (χ1n) is 8.03. The van der Waals surface area contributed by atoms with Gasteiger partial charge in [0, 0.05) is 5.41 Å². The van der Waals surface area contributed by atoms with Crippen molar-refractivity contribution >= 4 is 0 Å². The summed E-state index contributed by atoms with van der Waals surface area (Å²) in [6.07, 6.45) is 9.09. The zero-order valence-corrected chi connectivity index (χ0v) is 12.1. The fourth-order valence-electron chi connectivity index (χ4n) is 6.86. The lowest BCUT2D eigenvalue weighted by molar-refractivity contribution is -0.0251. The van der Waals surface area contributed by atoms with E-state index in [1.165, 1.54) is 32.1 Å². The molecule has 0 heterocycles. The molecule has 0 heteroatoms. The summed E-state index contributed by atoms with van der Waals surface area (Å²) in [5.41, 5.74) is 4.53. The average Bonchev–Trinajstić information content (AvgIpc) is 2.74. The van der Waals surface area contributed by atoms with E-state index in [1.54, 1.807) is 11.1 Å². The Morgan fingerprint density at radius 3 is 2.60 bits per heavy atom. The fraction of sp³-hybridized carbons (Fsp3) is 0.500. The Labute approximate surface area is 121 Å². The molecule has 20 heavy (non-hydrogen) atoms. The van der Waals surface area contributed by atoms with Gasteiger partial charge in [0.15, 0.2) is 0 Å². The lowest BCUT2D eigenvalue weighted by Gasteiger charge is -2.59. The summed E-state index contributed by atoms with van der Waals surface area (Å²) < 4.78 is 0. The van der Waals surface area contributed by atoms with Crippen molar-refractivity contribution in [2.24, 2.45) is 22.7 Å². The van der Waals surface area contributed by atoms with Gasteiger partial charge >= 0.3 is 0 Å². The maximum absolute atomic E-state index is 4.49. The molecule has 5 atom stereocenters. The highest BCUT2D eigenvalue weighted by molar-refractivity contribution is 5.47. The van der Waals surface area contributed by atoms with Gasteiger partial charge in [0.1, 0.15) is 0 Å². The second-order valence-corrected chi connectivity index (χ2v) is 7.96. The Morgan fingerprint density at radius 1 is 1.05 bits per heavy atom. The summed E-state index contributed by atoms with van der Waals surface area (Å²) in [6.45, 7) is 8.71. The predicted octanol–water partition coefficient (Wildman–Crippen LogP) is 4.88. The van der Waals surface area contributed by atoms with Crippen molar-refractivity contribution in [1.82, 2.24) is 0 Å². The highest BCUT2D eigenvalue weighted by Gasteiger charge is 2.78. The molecule has 0 nitrogen and oxygen atoms in total. The van der Waals surface area contributed by atoms with Crippen LogP contribution in [0.1, 0.15) is 37.7 Å². The van der Waals surface area contributed by atoms with E-state index in [4.69, 9.17) is 0 Å². The van der Waals surface area contributed by atoms with Gasteiger partial charge in [-0.15, -0.1) is 6.58 Å². The lowest BCUT2D eigenvalue weighted by Crippen LogP contribution is -2.55. The number of rotatable bonds is 2. The van der Waals surface area contributed by atoms with Crippen molar-refractivity contribution in [3.8, 4) is 0 Å². The normalized spacial score (nSPS) is 50.9. The zero-order valence-electron chi connectivity index (χ0n) is 12.1. The molecule has 0 aliphatic heterocycles. The Bertz CT molecular complexity index is 627. The molecule has 102 valence electrons. The minimum Gasteiger partial charge on any atom is -0.103 e. The molecule has 5 unspecified atom stereocenters. The summed E-state index contributed by atoms with van der Waals surface area (Å²) >= 11 is 0. The first kappa shape index (κ1) is 11.4. The Balaban J connectivity index is 1.74. The highest BCUT2D eigenvalue weighted by atomic mass is 14.8. The number of hydrogen-bond acceptors (Lipinski definition) is 0. The average molecular weight is 262 g/mol. The molecule has 0 aromatic heterocycles. The van der Waals surface area contributed by atoms with Crippen molar-refractivity contribution in [2.75, 3.05) is 0 Å². The maximum Gasteiger partial charge on any atom is 0.00298 e. The second kappa shape index (κ2) is 3.13. The second-order valence-electron chi connectivity index (χ2n) is 7.96. The molecular formula is C20H22. The van der Waals surface area contributed by atoms with Crippen molar-refractivity contribution in [3.63, 3.8) is 0 Å². The number of hydrogen-bond donors (Lipinski definition) is 0. The van der Waals surface area contributed by atoms with Crippen molar-refractivity contribution in [2.45, 2.75) is 37.5 Å². The van der Waals surface area contributed by atoms with Crippen LogP contribution in [0.2, 0.25) is 0 Å². The molecule has 1 aromatic rings. The molecular weight excluding hydrogens is 240 g/mol. The lowest BCUT2D eigenvalue weighted by atomic mass is 9.44. The van der Waals surface area contributed by atoms with Gasteiger partial charge in [-0.2, -0.15) is 0 Å². The van der Waals surface area contributed by atoms with Crippen LogP contribution in [0.5, 0.6) is 0 Å². The smallest absolute Gasteiger partial charge is 0.00298 e. The molecule has 3 bridgehead atoms. The molecule has 0 N–H and O–H groups in total. The third-order valence-electron chi connectivity index (χ3n) is 7.49. The van der Waals surface area contributed by atoms with Crippen LogP contribution in [0.3, 0.4) is 0 Å². The van der Waals surface area contributed by atoms with Crippen molar-refractivity contribution in [1.29, 1.82) is 0 Å². The minimum absolute atomic E-state index is 0.396. The van der Waals surface area contributed by atoms with Crippen LogP contribution in [-0.2, 0) is 5.41 Å². The van der Waals surface area contributed by atoms with E-state index < -0.39 is 0 Å². The van der Waals surface area contributed by atoms with Crippen molar-refractivity contribution < 1.29 is 0 Å². The fourth-order valence-corrected chi connectivity index (χ4v) is 6.86. The van der Waals surface area contributed by atoms with Crippen LogP contribution in [0.25, 0.3) is 0 Å². The van der Waals surface area contributed by atoms with E-state index in [2.05, 4.69) is 49.6 Å². The first-order valence-corrected chi connectivity index (χ1v) is 8.03. The minimum atomic E-state index is 0.396. The van der Waals surface area contributed by atoms with Gasteiger partial charge in [0.05, 0.1) is 0 Å². The standard InChI is InChI=1S/C20H22/c1-3-18-9-15-10-20(13-18)17(14(15)2)11-19(20,12-18)16-7-5-4-6-8-16/h3-8,15,17H,1-2,9-13H2. The van der Waals surface area contributed by atoms with E-state index >= 15 is 0 Å². The third-order valence-corrected chi connectivity index (χ3v) is 7.49. The van der Waals surface area contributed by atoms with Crippen LogP contribution >= 0.6 is 0 Å². The third kappa shape index (κ3) is 0.954. The van der Waals surface area contributed by atoms with Gasteiger partial charge in [0.2, 0.25) is 0 Å². The molecule has 0 radical (unpaired) electrons. The van der Waals surface area contributed by atoms with Crippen LogP contribution in [0, 0.1) is 22.7 Å². The molecule has 4 aliphatic rings. The van der Waals surface area contributed by atoms with Gasteiger partial charge in [0.25, 0.3) is 0 Å². The zero-order chi connectivity index (χ0) is 13.6. The Morgan fingerprint density at radius 2 is 1.85 bits per heavy atom. The summed E-state index contributed by atoms with van der Waals surface area (Å²) in [4.78, 5) is 0.